The van der Waals surface area contributed by atoms with E-state index in [9.17, 15) is 9.59 Å². The van der Waals surface area contributed by atoms with Crippen LogP contribution in [0.1, 0.15) is 5.56 Å². The summed E-state index contributed by atoms with van der Waals surface area (Å²) in [5, 5.41) is 4.68. The summed E-state index contributed by atoms with van der Waals surface area (Å²) in [7, 11) is 0. The number of carbonyl (C=O) groups excluding carboxylic acids is 2. The van der Waals surface area contributed by atoms with Crippen molar-refractivity contribution in [1.82, 2.24) is 14.8 Å². The largest absolute Gasteiger partial charge is 0.348 e. The van der Waals surface area contributed by atoms with E-state index in [-0.39, 0.29) is 24.4 Å². The summed E-state index contributed by atoms with van der Waals surface area (Å²) in [4.78, 5) is 25.2. The molecule has 1 fully saturated rings. The van der Waals surface area contributed by atoms with Gasteiger partial charge in [0.2, 0.25) is 11.8 Å². The minimum Gasteiger partial charge on any atom is -0.348 e. The van der Waals surface area contributed by atoms with Gasteiger partial charge in [-0.25, -0.2) is 0 Å². The Morgan fingerprint density at radius 3 is 2.87 bits per heavy atom. The van der Waals surface area contributed by atoms with Crippen LogP contribution in [-0.2, 0) is 16.1 Å². The van der Waals surface area contributed by atoms with Crippen LogP contribution in [0.4, 0.5) is 0 Å². The molecule has 6 heteroatoms. The van der Waals surface area contributed by atoms with E-state index in [0.717, 1.165) is 16.5 Å². The van der Waals surface area contributed by atoms with Gasteiger partial charge in [-0.15, -0.1) is 0 Å². The number of halogens is 1. The van der Waals surface area contributed by atoms with Gasteiger partial charge in [0.15, 0.2) is 0 Å². The van der Waals surface area contributed by atoms with Crippen LogP contribution in [0.2, 0.25) is 5.02 Å². The average molecular weight is 332 g/mol. The lowest BCUT2D eigenvalue weighted by atomic mass is 10.1. The van der Waals surface area contributed by atoms with Crippen molar-refractivity contribution in [3.63, 3.8) is 0 Å². The van der Waals surface area contributed by atoms with Crippen LogP contribution in [0, 0.1) is 6.92 Å². The lowest BCUT2D eigenvalue weighted by molar-refractivity contribution is -0.133. The molecule has 0 radical (unpaired) electrons. The number of carbonyl (C=O) groups is 2. The number of benzene rings is 1. The fraction of sp³-hybridized carbons (Fsp3) is 0.294. The zero-order chi connectivity index (χ0) is 16.6. The number of aromatic nitrogens is 1. The number of hydrogen-bond donors (Lipinski definition) is 1. The second kappa shape index (κ2) is 6.08. The van der Waals surface area contributed by atoms with Crippen LogP contribution in [0.5, 0.6) is 0 Å². The Morgan fingerprint density at radius 2 is 2.17 bits per heavy atom. The summed E-state index contributed by atoms with van der Waals surface area (Å²) in [6.07, 6.45) is 3.24. The molecule has 3 rings (SSSR count). The van der Waals surface area contributed by atoms with Crippen LogP contribution in [0.25, 0.3) is 10.9 Å². The van der Waals surface area contributed by atoms with Crippen LogP contribution in [0.3, 0.4) is 0 Å². The highest BCUT2D eigenvalue weighted by Crippen LogP contribution is 2.24. The fourth-order valence-electron chi connectivity index (χ4n) is 2.89. The highest BCUT2D eigenvalue weighted by molar-refractivity contribution is 6.31. The van der Waals surface area contributed by atoms with E-state index in [0.29, 0.717) is 18.1 Å². The van der Waals surface area contributed by atoms with E-state index in [1.807, 2.05) is 35.9 Å². The third-order valence-corrected chi connectivity index (χ3v) is 4.32. The number of fused-ring (bicyclic) bond motifs is 1. The maximum absolute atomic E-state index is 12.2. The first kappa shape index (κ1) is 15.6. The first-order valence-corrected chi connectivity index (χ1v) is 7.81. The first-order chi connectivity index (χ1) is 11.0. The van der Waals surface area contributed by atoms with E-state index in [1.165, 1.54) is 6.08 Å². The predicted octanol–water partition coefficient (Wildman–Crippen LogP) is 2.12. The Labute approximate surface area is 139 Å². The van der Waals surface area contributed by atoms with Crippen molar-refractivity contribution in [3.05, 3.63) is 47.6 Å². The molecule has 2 amide bonds. The summed E-state index contributed by atoms with van der Waals surface area (Å²) < 4.78 is 1.92. The third-order valence-electron chi connectivity index (χ3n) is 4.09. The van der Waals surface area contributed by atoms with Crippen LogP contribution < -0.4 is 5.32 Å². The highest BCUT2D eigenvalue weighted by Gasteiger charge is 2.30. The Balaban J connectivity index is 1.63. The molecule has 1 aliphatic heterocycles. The second-order valence-corrected chi connectivity index (χ2v) is 6.25. The molecule has 1 aromatic carbocycles. The molecule has 120 valence electrons. The molecule has 1 aliphatic rings. The predicted molar refractivity (Wildman–Crippen MR) is 90.4 cm³/mol. The molecular weight excluding hydrogens is 314 g/mol. The van der Waals surface area contributed by atoms with E-state index in [4.69, 9.17) is 11.6 Å². The number of nitrogens with zero attached hydrogens (tertiary/aromatic N) is 2. The van der Waals surface area contributed by atoms with E-state index in [1.54, 1.807) is 4.90 Å². The highest BCUT2D eigenvalue weighted by atomic mass is 35.5. The maximum atomic E-state index is 12.2. The molecule has 0 spiro atoms. The second-order valence-electron chi connectivity index (χ2n) is 5.81. The lowest BCUT2D eigenvalue weighted by Gasteiger charge is -2.38. The van der Waals surface area contributed by atoms with Crippen molar-refractivity contribution in [1.29, 1.82) is 0 Å². The molecule has 1 saturated heterocycles. The van der Waals surface area contributed by atoms with Crippen molar-refractivity contribution in [2.24, 2.45) is 0 Å². The molecule has 0 unspecified atom stereocenters. The molecule has 1 N–H and O–H groups in total. The van der Waals surface area contributed by atoms with Crippen LogP contribution in [0.15, 0.2) is 37.1 Å². The molecular formula is C17H18ClN3O2. The van der Waals surface area contributed by atoms with Gasteiger partial charge in [0.1, 0.15) is 6.54 Å². The number of aryl methyl sites for hydroxylation is 1. The summed E-state index contributed by atoms with van der Waals surface area (Å²) in [5.74, 6) is -0.160. The summed E-state index contributed by atoms with van der Waals surface area (Å²) >= 11 is 6.02. The standard InChI is InChI=1S/C17H18ClN3O2/c1-3-17(23)21-8-13(9-21)19-16(22)10-20-7-11(2)14-6-12(18)4-5-15(14)20/h3-7,13H,1,8-10H2,2H3,(H,19,22). The number of likely N-dealkylation sites (tertiary alicyclic amines) is 1. The van der Waals surface area contributed by atoms with Gasteiger partial charge < -0.3 is 14.8 Å². The van der Waals surface area contributed by atoms with Gasteiger partial charge >= 0.3 is 0 Å². The Kier molecular flexibility index (Phi) is 4.13. The normalized spacial score (nSPS) is 14.6. The van der Waals surface area contributed by atoms with Crippen molar-refractivity contribution in [3.8, 4) is 0 Å². The lowest BCUT2D eigenvalue weighted by Crippen LogP contribution is -2.61. The van der Waals surface area contributed by atoms with Gasteiger partial charge in [-0.2, -0.15) is 0 Å². The zero-order valence-electron chi connectivity index (χ0n) is 12.9. The van der Waals surface area contributed by atoms with E-state index in [2.05, 4.69) is 11.9 Å². The fourth-order valence-corrected chi connectivity index (χ4v) is 3.06. The van der Waals surface area contributed by atoms with Crippen LogP contribution >= 0.6 is 11.6 Å². The summed E-state index contributed by atoms with van der Waals surface area (Å²) in [6, 6.07) is 5.67. The smallest absolute Gasteiger partial charge is 0.246 e. The van der Waals surface area contributed by atoms with E-state index >= 15 is 0 Å². The molecule has 1 aromatic heterocycles. The minimum atomic E-state index is -0.0978. The van der Waals surface area contributed by atoms with Gasteiger partial charge in [0, 0.05) is 35.2 Å². The first-order valence-electron chi connectivity index (χ1n) is 7.43. The monoisotopic (exact) mass is 331 g/mol. The number of nitrogens with one attached hydrogen (secondary N) is 1. The molecule has 0 saturated carbocycles. The summed E-state index contributed by atoms with van der Waals surface area (Å²) in [6.45, 7) is 6.78. The quantitative estimate of drug-likeness (QED) is 0.872. The summed E-state index contributed by atoms with van der Waals surface area (Å²) in [5.41, 5.74) is 2.07. The van der Waals surface area contributed by atoms with Crippen molar-refractivity contribution >= 4 is 34.3 Å². The number of hydrogen-bond acceptors (Lipinski definition) is 2. The van der Waals surface area contributed by atoms with E-state index < -0.39 is 0 Å². The molecule has 23 heavy (non-hydrogen) atoms. The Bertz CT molecular complexity index is 790. The number of rotatable bonds is 4. The zero-order valence-corrected chi connectivity index (χ0v) is 13.6. The van der Waals surface area contributed by atoms with Gasteiger partial charge in [-0.1, -0.05) is 18.2 Å². The molecule has 2 heterocycles. The molecule has 0 bridgehead atoms. The van der Waals surface area contributed by atoms with Crippen molar-refractivity contribution < 1.29 is 9.59 Å². The van der Waals surface area contributed by atoms with Gasteiger partial charge in [-0.05, 0) is 36.8 Å². The van der Waals surface area contributed by atoms with Crippen molar-refractivity contribution in [2.75, 3.05) is 13.1 Å². The average Bonchev–Trinajstić information content (AvgIpc) is 2.77. The van der Waals surface area contributed by atoms with Gasteiger partial charge in [0.25, 0.3) is 0 Å². The molecule has 5 nitrogen and oxygen atoms in total. The number of amides is 2. The minimum absolute atomic E-state index is 0.0174. The maximum Gasteiger partial charge on any atom is 0.246 e. The van der Waals surface area contributed by atoms with Crippen LogP contribution in [-0.4, -0.2) is 40.4 Å². The Hall–Kier alpha value is -2.27. The van der Waals surface area contributed by atoms with Crippen molar-refractivity contribution in [2.45, 2.75) is 19.5 Å². The topological polar surface area (TPSA) is 54.3 Å². The molecule has 0 atom stereocenters. The molecule has 2 aromatic rings. The van der Waals surface area contributed by atoms with Gasteiger partial charge in [-0.3, -0.25) is 9.59 Å². The third kappa shape index (κ3) is 3.10. The Morgan fingerprint density at radius 1 is 1.43 bits per heavy atom. The van der Waals surface area contributed by atoms with Gasteiger partial charge in [0.05, 0.1) is 6.04 Å². The molecule has 0 aliphatic carbocycles. The SMILES string of the molecule is C=CC(=O)N1CC(NC(=O)Cn2cc(C)c3cc(Cl)ccc32)C1.